The molecule has 1 aliphatic rings. The van der Waals surface area contributed by atoms with Crippen LogP contribution in [0.5, 0.6) is 11.5 Å². The number of aromatic nitrogens is 3. The molecule has 1 aromatic heterocycles. The third kappa shape index (κ3) is 5.54. The second kappa shape index (κ2) is 10.7. The molecule has 2 atom stereocenters. The summed E-state index contributed by atoms with van der Waals surface area (Å²) in [6.45, 7) is 4.87. The van der Waals surface area contributed by atoms with Crippen molar-refractivity contribution in [3.8, 4) is 11.5 Å². The number of benzene rings is 1. The molecular weight excluding hydrogens is 458 g/mol. The molecule has 3 rings (SSSR count). The summed E-state index contributed by atoms with van der Waals surface area (Å²) < 4.78 is 62.1. The number of likely N-dealkylation sites (tertiary alicyclic amines) is 1. The Kier molecular flexibility index (Phi) is 7.90. The van der Waals surface area contributed by atoms with E-state index in [1.165, 1.54) is 43.2 Å². The van der Waals surface area contributed by atoms with Gasteiger partial charge in [-0.05, 0) is 37.5 Å². The summed E-state index contributed by atoms with van der Waals surface area (Å²) in [5.41, 5.74) is 0.214. The summed E-state index contributed by atoms with van der Waals surface area (Å²) >= 11 is 0. The average molecular weight is 483 g/mol. The van der Waals surface area contributed by atoms with Gasteiger partial charge in [-0.2, -0.15) is 18.9 Å². The van der Waals surface area contributed by atoms with E-state index < -0.39 is 18.7 Å². The largest absolute Gasteiger partial charge is 0.493 e. The van der Waals surface area contributed by atoms with Gasteiger partial charge in [-0.3, -0.25) is 4.79 Å². The van der Waals surface area contributed by atoms with E-state index in [4.69, 9.17) is 4.74 Å². The second-order valence-corrected chi connectivity index (χ2v) is 7.88. The minimum absolute atomic E-state index is 0.0256. The van der Waals surface area contributed by atoms with Crippen LogP contribution in [0, 0.1) is 11.8 Å². The number of methoxy groups -OCH3 is 1. The van der Waals surface area contributed by atoms with Crippen molar-refractivity contribution < 1.29 is 31.8 Å². The molecule has 2 heterocycles. The molecule has 1 saturated heterocycles. The molecule has 0 N–H and O–H groups in total. The molecule has 1 fully saturated rings. The Morgan fingerprint density at radius 2 is 2.00 bits per heavy atom. The maximum Gasteiger partial charge on any atom is 0.387 e. The number of nitrogens with zero attached hydrogens (tertiary/aromatic N) is 5. The lowest BCUT2D eigenvalue weighted by Gasteiger charge is -2.38. The zero-order valence-electron chi connectivity index (χ0n) is 18.9. The first-order valence-corrected chi connectivity index (χ1v) is 10.5. The van der Waals surface area contributed by atoms with Gasteiger partial charge in [0.15, 0.2) is 11.5 Å². The van der Waals surface area contributed by atoms with Gasteiger partial charge < -0.3 is 14.4 Å². The van der Waals surface area contributed by atoms with E-state index in [-0.39, 0.29) is 47.3 Å². The average Bonchev–Trinajstić information content (AvgIpc) is 3.26. The van der Waals surface area contributed by atoms with Gasteiger partial charge in [0, 0.05) is 30.3 Å². The van der Waals surface area contributed by atoms with Crippen LogP contribution in [0.3, 0.4) is 0 Å². The van der Waals surface area contributed by atoms with E-state index in [2.05, 4.69) is 26.4 Å². The van der Waals surface area contributed by atoms with E-state index in [0.717, 1.165) is 0 Å². The van der Waals surface area contributed by atoms with Crippen LogP contribution in [0.25, 0.3) is 5.70 Å². The summed E-state index contributed by atoms with van der Waals surface area (Å²) in [4.78, 5) is 22.5. The predicted molar refractivity (Wildman–Crippen MR) is 117 cm³/mol. The molecular formula is C22H25F4N5O3. The fraction of sp³-hybridized carbons (Fsp3) is 0.455. The number of carbonyl (C=O) groups excluding carboxylic acids is 1. The van der Waals surface area contributed by atoms with Gasteiger partial charge in [0.05, 0.1) is 12.8 Å². The lowest BCUT2D eigenvalue weighted by atomic mass is 9.84. The SMILES string of the molecule is C=C([C@@H]1CN(C(=O)c2ccc(OC)c(OC(F)F)c2)CC[C@H]1C)n1ncnc1N=C(C)C(F)F. The Morgan fingerprint density at radius 3 is 2.65 bits per heavy atom. The van der Waals surface area contributed by atoms with Crippen molar-refractivity contribution in [1.29, 1.82) is 0 Å². The lowest BCUT2D eigenvalue weighted by Crippen LogP contribution is -2.44. The standard InChI is InChI=1S/C22H25F4N5O3/c1-12-7-8-30(20(32)15-5-6-17(33-4)18(9-15)34-21(25)26)10-16(12)14(3)31-22(27-11-28-31)29-13(2)19(23)24/h5-6,9,11-12,16,19,21H,3,7-8,10H2,1-2,4H3/t12-,16-/m1/s1. The summed E-state index contributed by atoms with van der Waals surface area (Å²) in [5, 5.41) is 4.07. The van der Waals surface area contributed by atoms with E-state index in [0.29, 0.717) is 18.7 Å². The number of amides is 1. The second-order valence-electron chi connectivity index (χ2n) is 7.88. The highest BCUT2D eigenvalue weighted by Crippen LogP contribution is 2.34. The first-order valence-electron chi connectivity index (χ1n) is 10.5. The number of hydrogen-bond acceptors (Lipinski definition) is 6. The van der Waals surface area contributed by atoms with Gasteiger partial charge in [-0.25, -0.2) is 18.5 Å². The number of halogens is 4. The Bertz CT molecular complexity index is 1070. The number of ether oxygens (including phenoxy) is 2. The van der Waals surface area contributed by atoms with Crippen LogP contribution in [0.1, 0.15) is 30.6 Å². The quantitative estimate of drug-likeness (QED) is 0.408. The fourth-order valence-electron chi connectivity index (χ4n) is 3.75. The molecule has 0 saturated carbocycles. The monoisotopic (exact) mass is 483 g/mol. The van der Waals surface area contributed by atoms with Crippen LogP contribution in [0.2, 0.25) is 0 Å². The molecule has 1 aliphatic heterocycles. The summed E-state index contributed by atoms with van der Waals surface area (Å²) in [6, 6.07) is 4.07. The van der Waals surface area contributed by atoms with Gasteiger partial charge in [0.25, 0.3) is 18.3 Å². The first kappa shape index (κ1) is 25.2. The van der Waals surface area contributed by atoms with Crippen molar-refractivity contribution in [3.05, 3.63) is 36.7 Å². The van der Waals surface area contributed by atoms with Gasteiger partial charge in [0.1, 0.15) is 6.33 Å². The first-order chi connectivity index (χ1) is 16.1. The number of piperidine rings is 1. The third-order valence-corrected chi connectivity index (χ3v) is 5.69. The van der Waals surface area contributed by atoms with Crippen molar-refractivity contribution in [1.82, 2.24) is 19.7 Å². The highest BCUT2D eigenvalue weighted by molar-refractivity contribution is 5.95. The van der Waals surface area contributed by atoms with Gasteiger partial charge in [-0.1, -0.05) is 13.5 Å². The normalized spacial score (nSPS) is 19.0. The molecule has 0 spiro atoms. The van der Waals surface area contributed by atoms with Gasteiger partial charge >= 0.3 is 6.61 Å². The van der Waals surface area contributed by atoms with Gasteiger partial charge in [-0.15, -0.1) is 0 Å². The third-order valence-electron chi connectivity index (χ3n) is 5.69. The molecule has 184 valence electrons. The predicted octanol–water partition coefficient (Wildman–Crippen LogP) is 4.51. The number of alkyl halides is 4. The zero-order chi connectivity index (χ0) is 25.0. The number of hydrogen-bond donors (Lipinski definition) is 0. The zero-order valence-corrected chi connectivity index (χ0v) is 18.9. The molecule has 12 heteroatoms. The van der Waals surface area contributed by atoms with Crippen LogP contribution in [-0.2, 0) is 0 Å². The van der Waals surface area contributed by atoms with Crippen LogP contribution < -0.4 is 9.47 Å². The number of aliphatic imine (C=N–C) groups is 1. The van der Waals surface area contributed by atoms with E-state index in [1.54, 1.807) is 4.90 Å². The molecule has 0 bridgehead atoms. The molecule has 8 nitrogen and oxygen atoms in total. The van der Waals surface area contributed by atoms with Crippen molar-refractivity contribution in [3.63, 3.8) is 0 Å². The summed E-state index contributed by atoms with van der Waals surface area (Å²) in [6.07, 6.45) is -0.903. The Morgan fingerprint density at radius 1 is 1.26 bits per heavy atom. The van der Waals surface area contributed by atoms with Crippen LogP contribution >= 0.6 is 0 Å². The smallest absolute Gasteiger partial charge is 0.387 e. The summed E-state index contributed by atoms with van der Waals surface area (Å²) in [5.74, 6) is -0.736. The van der Waals surface area contributed by atoms with Crippen molar-refractivity contribution >= 4 is 23.3 Å². The minimum atomic E-state index is -3.07. The van der Waals surface area contributed by atoms with Gasteiger partial charge in [0.2, 0.25) is 0 Å². The highest BCUT2D eigenvalue weighted by atomic mass is 19.3. The fourth-order valence-corrected chi connectivity index (χ4v) is 3.75. The Hall–Kier alpha value is -3.44. The van der Waals surface area contributed by atoms with Crippen molar-refractivity contribution in [2.24, 2.45) is 16.8 Å². The molecule has 1 amide bonds. The Balaban J connectivity index is 1.82. The van der Waals surface area contributed by atoms with E-state index >= 15 is 0 Å². The molecule has 34 heavy (non-hydrogen) atoms. The van der Waals surface area contributed by atoms with Crippen LogP contribution in [0.15, 0.2) is 36.1 Å². The topological polar surface area (TPSA) is 81.8 Å². The van der Waals surface area contributed by atoms with Crippen LogP contribution in [0.4, 0.5) is 23.5 Å². The molecule has 0 radical (unpaired) electrons. The van der Waals surface area contributed by atoms with E-state index in [1.807, 2.05) is 6.92 Å². The number of carbonyl (C=O) groups is 1. The maximum atomic E-state index is 13.2. The van der Waals surface area contributed by atoms with Crippen molar-refractivity contribution in [2.45, 2.75) is 33.3 Å². The Labute approximate surface area is 193 Å². The maximum absolute atomic E-state index is 13.2. The van der Waals surface area contributed by atoms with E-state index in [9.17, 15) is 22.4 Å². The lowest BCUT2D eigenvalue weighted by molar-refractivity contribution is -0.0512. The molecule has 1 aromatic carbocycles. The van der Waals surface area contributed by atoms with Crippen molar-refractivity contribution in [2.75, 3.05) is 20.2 Å². The molecule has 0 unspecified atom stereocenters. The number of rotatable bonds is 8. The molecule has 0 aliphatic carbocycles. The van der Waals surface area contributed by atoms with Crippen LogP contribution in [-0.4, -0.2) is 64.5 Å². The highest BCUT2D eigenvalue weighted by Gasteiger charge is 2.33. The minimum Gasteiger partial charge on any atom is -0.493 e. The summed E-state index contributed by atoms with van der Waals surface area (Å²) in [7, 11) is 1.31. The molecule has 2 aromatic rings.